The molecule has 1 aliphatic rings. The largest absolute Gasteiger partial charge is 0.460 e. The van der Waals surface area contributed by atoms with Crippen LogP contribution in [0.3, 0.4) is 0 Å². The summed E-state index contributed by atoms with van der Waals surface area (Å²) in [5.74, 6) is 0.966. The van der Waals surface area contributed by atoms with E-state index in [-0.39, 0.29) is 23.6 Å². The summed E-state index contributed by atoms with van der Waals surface area (Å²) in [6, 6.07) is 0. The first kappa shape index (κ1) is 33.5. The molecule has 0 aliphatic carbocycles. The quantitative estimate of drug-likeness (QED) is 0.0706. The molecule has 0 radical (unpaired) electrons. The van der Waals surface area contributed by atoms with Gasteiger partial charge in [0.2, 0.25) is 0 Å². The number of guanidine groups is 1. The molecule has 36 heavy (non-hydrogen) atoms. The molecule has 0 aromatic carbocycles. The van der Waals surface area contributed by atoms with Crippen molar-refractivity contribution in [2.45, 2.75) is 85.4 Å². The van der Waals surface area contributed by atoms with E-state index in [9.17, 15) is 14.9 Å². The number of esters is 1. The fraction of sp³-hybridized carbons (Fsp3) is 0.769. The van der Waals surface area contributed by atoms with E-state index in [1.54, 1.807) is 20.2 Å². The molecule has 0 spiro atoms. The molecule has 2 unspecified atom stereocenters. The highest BCUT2D eigenvalue weighted by Gasteiger charge is 2.17. The van der Waals surface area contributed by atoms with E-state index < -0.39 is 5.03 Å². The molecule has 0 aromatic heterocycles. The third kappa shape index (κ3) is 18.8. The van der Waals surface area contributed by atoms with E-state index in [0.717, 1.165) is 31.4 Å². The van der Waals surface area contributed by atoms with Gasteiger partial charge in [-0.25, -0.2) is 14.9 Å². The Kier molecular flexibility index (Phi) is 17.5. The molecule has 1 aliphatic heterocycles. The van der Waals surface area contributed by atoms with E-state index in [4.69, 9.17) is 14.2 Å². The van der Waals surface area contributed by atoms with Crippen molar-refractivity contribution in [2.75, 3.05) is 33.9 Å². The van der Waals surface area contributed by atoms with Crippen LogP contribution in [0.1, 0.15) is 73.6 Å². The van der Waals surface area contributed by atoms with Gasteiger partial charge in [-0.2, -0.15) is 0 Å². The first-order valence-corrected chi connectivity index (χ1v) is 12.7. The Labute approximate surface area is 217 Å². The van der Waals surface area contributed by atoms with Crippen molar-refractivity contribution < 1.29 is 24.0 Å². The van der Waals surface area contributed by atoms with Crippen molar-refractivity contribution in [2.24, 2.45) is 16.9 Å². The van der Waals surface area contributed by atoms with Gasteiger partial charge in [0.15, 0.2) is 5.03 Å². The van der Waals surface area contributed by atoms with Crippen LogP contribution >= 0.6 is 0 Å². The number of allylic oxidation sites excluding steroid dienone is 3. The number of nitro groups is 1. The van der Waals surface area contributed by atoms with Gasteiger partial charge in [-0.3, -0.25) is 0 Å². The van der Waals surface area contributed by atoms with E-state index in [1.807, 2.05) is 26.8 Å². The number of ether oxygens (including phenoxy) is 3. The molecule has 1 heterocycles. The standard InChI is InChI=1S/C19H34O3.C7H14N4O3/c1-15(2)22-18(20)14-17(4)11-8-10-16(3)12-9-13-19(5,6)21-7;1-8-7(10-11(12)13)9-4-6-2-3-14-5-6/h8,11,14-16H,9-10,12-13H2,1-7H3;6H,2-5H2,1H3,(H2,8,9,10)/b11-8+,17-14+;. The highest BCUT2D eigenvalue weighted by molar-refractivity contribution is 5.83. The monoisotopic (exact) mass is 512 g/mol. The maximum atomic E-state index is 11.5. The number of rotatable bonds is 13. The Hall–Kier alpha value is -2.46. The predicted octanol–water partition coefficient (Wildman–Crippen LogP) is 4.44. The minimum atomic E-state index is -0.732. The van der Waals surface area contributed by atoms with E-state index in [0.29, 0.717) is 25.0 Å². The van der Waals surface area contributed by atoms with Gasteiger partial charge >= 0.3 is 5.97 Å². The van der Waals surface area contributed by atoms with Gasteiger partial charge in [-0.05, 0) is 65.4 Å². The number of methoxy groups -OCH3 is 1. The molecule has 0 bridgehead atoms. The van der Waals surface area contributed by atoms with Crippen molar-refractivity contribution in [3.8, 4) is 0 Å². The minimum Gasteiger partial charge on any atom is -0.460 e. The van der Waals surface area contributed by atoms with Gasteiger partial charge < -0.3 is 24.8 Å². The van der Waals surface area contributed by atoms with Crippen LogP contribution in [0.4, 0.5) is 0 Å². The zero-order chi connectivity index (χ0) is 27.6. The number of nitrogens with zero attached hydrogens (tertiary/aromatic N) is 2. The van der Waals surface area contributed by atoms with Crippen LogP contribution < -0.4 is 10.6 Å². The maximum absolute atomic E-state index is 11.5. The highest BCUT2D eigenvalue weighted by Crippen LogP contribution is 2.20. The van der Waals surface area contributed by atoms with Crippen LogP contribution in [0, 0.1) is 22.0 Å². The van der Waals surface area contributed by atoms with Crippen LogP contribution in [0.5, 0.6) is 0 Å². The van der Waals surface area contributed by atoms with E-state index in [1.165, 1.54) is 12.8 Å². The molecule has 2 atom stereocenters. The Morgan fingerprint density at radius 1 is 1.33 bits per heavy atom. The Morgan fingerprint density at radius 3 is 2.56 bits per heavy atom. The van der Waals surface area contributed by atoms with Crippen molar-refractivity contribution in [1.82, 2.24) is 10.6 Å². The molecule has 1 fully saturated rings. The summed E-state index contributed by atoms with van der Waals surface area (Å²) in [5.41, 5.74) is 0.907. The molecule has 208 valence electrons. The van der Waals surface area contributed by atoms with Gasteiger partial charge in [-0.1, -0.05) is 31.9 Å². The highest BCUT2D eigenvalue weighted by atomic mass is 16.7. The van der Waals surface area contributed by atoms with Crippen LogP contribution in [0.15, 0.2) is 28.9 Å². The van der Waals surface area contributed by atoms with Gasteiger partial charge in [0.1, 0.15) is 5.10 Å². The van der Waals surface area contributed by atoms with Crippen molar-refractivity contribution in [1.29, 1.82) is 0 Å². The fourth-order valence-corrected chi connectivity index (χ4v) is 3.32. The predicted molar refractivity (Wildman–Crippen MR) is 143 cm³/mol. The molecule has 2 N–H and O–H groups in total. The number of carbonyl (C=O) groups excluding carboxylic acids is 1. The Bertz CT molecular complexity index is 728. The third-order valence-corrected chi connectivity index (χ3v) is 5.65. The van der Waals surface area contributed by atoms with E-state index in [2.05, 4.69) is 42.6 Å². The van der Waals surface area contributed by atoms with Gasteiger partial charge in [0.25, 0.3) is 5.96 Å². The summed E-state index contributed by atoms with van der Waals surface area (Å²) in [5, 5.41) is 18.0. The summed E-state index contributed by atoms with van der Waals surface area (Å²) in [6.45, 7) is 14.3. The number of hydrazone groups is 1. The van der Waals surface area contributed by atoms with Crippen molar-refractivity contribution in [3.63, 3.8) is 0 Å². The topological polar surface area (TPSA) is 124 Å². The van der Waals surface area contributed by atoms with Crippen LogP contribution in [0.25, 0.3) is 0 Å². The molecular weight excluding hydrogens is 464 g/mol. The minimum absolute atomic E-state index is 0.0222. The average Bonchev–Trinajstić information content (AvgIpc) is 3.29. The normalized spacial score (nSPS) is 17.5. The maximum Gasteiger partial charge on any atom is 0.331 e. The van der Waals surface area contributed by atoms with E-state index >= 15 is 0 Å². The Morgan fingerprint density at radius 2 is 2.03 bits per heavy atom. The molecule has 10 nitrogen and oxygen atoms in total. The van der Waals surface area contributed by atoms with Crippen molar-refractivity contribution >= 4 is 11.9 Å². The molecule has 10 heteroatoms. The lowest BCUT2D eigenvalue weighted by Gasteiger charge is -2.23. The lowest BCUT2D eigenvalue weighted by molar-refractivity contribution is -0.485. The molecular formula is C26H48N4O6. The number of hydrogen-bond donors (Lipinski definition) is 2. The second-order valence-electron chi connectivity index (χ2n) is 10.0. The van der Waals surface area contributed by atoms with Crippen LogP contribution in [-0.2, 0) is 19.0 Å². The third-order valence-electron chi connectivity index (χ3n) is 5.65. The van der Waals surface area contributed by atoms with Crippen LogP contribution in [-0.4, -0.2) is 62.6 Å². The number of carbonyl (C=O) groups is 1. The lowest BCUT2D eigenvalue weighted by Crippen LogP contribution is -2.38. The zero-order valence-corrected chi connectivity index (χ0v) is 23.5. The fourth-order valence-electron chi connectivity index (χ4n) is 3.32. The molecule has 0 amide bonds. The van der Waals surface area contributed by atoms with Gasteiger partial charge in [0.05, 0.1) is 18.3 Å². The van der Waals surface area contributed by atoms with Gasteiger partial charge in [0, 0.05) is 39.3 Å². The summed E-state index contributed by atoms with van der Waals surface area (Å²) in [4.78, 5) is 21.6. The average molecular weight is 513 g/mol. The summed E-state index contributed by atoms with van der Waals surface area (Å²) in [7, 11) is 3.35. The van der Waals surface area contributed by atoms with Crippen LogP contribution in [0.2, 0.25) is 0 Å². The van der Waals surface area contributed by atoms with Crippen molar-refractivity contribution in [3.05, 3.63) is 33.9 Å². The lowest BCUT2D eigenvalue weighted by atomic mass is 9.95. The summed E-state index contributed by atoms with van der Waals surface area (Å²) < 4.78 is 15.7. The summed E-state index contributed by atoms with van der Waals surface area (Å²) in [6.07, 6.45) is 11.1. The zero-order valence-electron chi connectivity index (χ0n) is 23.5. The molecule has 0 saturated carbocycles. The SMILES string of the molecule is CN/C(=N/[N+](=O)[O-])NCC1CCOC1.COC(C)(C)CCCC(C)C/C=C/C(C)=C/C(=O)OC(C)C. The summed E-state index contributed by atoms with van der Waals surface area (Å²) >= 11 is 0. The molecule has 0 aromatic rings. The first-order chi connectivity index (χ1) is 16.9. The second kappa shape index (κ2) is 18.8. The van der Waals surface area contributed by atoms with Gasteiger partial charge in [-0.15, -0.1) is 0 Å². The molecule has 1 saturated heterocycles. The second-order valence-corrected chi connectivity index (χ2v) is 10.0. The number of hydrogen-bond acceptors (Lipinski definition) is 6. The molecule has 1 rings (SSSR count). The first-order valence-electron chi connectivity index (χ1n) is 12.7. The smallest absolute Gasteiger partial charge is 0.331 e. The Balaban J connectivity index is 0.000000748. The number of nitrogens with one attached hydrogen (secondary N) is 2.